The highest BCUT2D eigenvalue weighted by atomic mass is 32.2. The van der Waals surface area contributed by atoms with Crippen LogP contribution in [0.4, 0.5) is 0 Å². The number of fused-ring (bicyclic) bond motifs is 1. The Balaban J connectivity index is 1.54. The maximum atomic E-state index is 11.6. The van der Waals surface area contributed by atoms with E-state index >= 15 is 0 Å². The highest BCUT2D eigenvalue weighted by molar-refractivity contribution is 7.89. The maximum absolute atomic E-state index is 11.6. The molecule has 0 saturated carbocycles. The second kappa shape index (κ2) is 6.57. The Bertz CT molecular complexity index is 614. The van der Waals surface area contributed by atoms with Crippen LogP contribution in [0.5, 0.6) is 0 Å². The van der Waals surface area contributed by atoms with E-state index in [1.807, 2.05) is 11.3 Å². The third-order valence-corrected chi connectivity index (χ3v) is 6.99. The van der Waals surface area contributed by atoms with E-state index in [1.165, 1.54) is 9.75 Å². The summed E-state index contributed by atoms with van der Waals surface area (Å²) in [7, 11) is -3.11. The zero-order valence-corrected chi connectivity index (χ0v) is 14.8. The smallest absolute Gasteiger partial charge is 0.211 e. The number of ether oxygens (including phenoxy) is 1. The van der Waals surface area contributed by atoms with Gasteiger partial charge in [0.25, 0.3) is 0 Å². The van der Waals surface area contributed by atoms with Gasteiger partial charge in [-0.25, -0.2) is 13.1 Å². The molecule has 0 unspecified atom stereocenters. The largest absolute Gasteiger partial charge is 0.376 e. The molecule has 1 aromatic heterocycles. The fraction of sp³-hybridized carbons (Fsp3) is 0.733. The second-order valence-corrected chi connectivity index (χ2v) is 9.72. The van der Waals surface area contributed by atoms with E-state index in [0.29, 0.717) is 25.0 Å². The number of thiophene rings is 1. The van der Waals surface area contributed by atoms with Gasteiger partial charge < -0.3 is 4.74 Å². The van der Waals surface area contributed by atoms with Crippen molar-refractivity contribution < 1.29 is 13.2 Å². The number of sulfonamides is 1. The highest BCUT2D eigenvalue weighted by Gasteiger charge is 2.43. The van der Waals surface area contributed by atoms with E-state index < -0.39 is 10.0 Å². The van der Waals surface area contributed by atoms with Crippen molar-refractivity contribution in [1.82, 2.24) is 9.62 Å². The molecule has 0 spiro atoms. The molecule has 124 valence electrons. The van der Waals surface area contributed by atoms with Crippen LogP contribution in [0.1, 0.15) is 16.7 Å². The van der Waals surface area contributed by atoms with Crippen LogP contribution >= 0.6 is 11.3 Å². The topological polar surface area (TPSA) is 58.6 Å². The Morgan fingerprint density at radius 2 is 2.23 bits per heavy atom. The minimum absolute atomic E-state index is 0.137. The van der Waals surface area contributed by atoms with E-state index in [-0.39, 0.29) is 11.9 Å². The van der Waals surface area contributed by atoms with Gasteiger partial charge in [-0.15, -0.1) is 11.3 Å². The van der Waals surface area contributed by atoms with Gasteiger partial charge in [-0.05, 0) is 26.0 Å². The fourth-order valence-corrected chi connectivity index (χ4v) is 4.95. The predicted molar refractivity (Wildman–Crippen MR) is 88.5 cm³/mol. The molecule has 5 nitrogen and oxygen atoms in total. The lowest BCUT2D eigenvalue weighted by Crippen LogP contribution is -2.34. The maximum Gasteiger partial charge on any atom is 0.211 e. The number of nitrogens with zero attached hydrogens (tertiary/aromatic N) is 1. The molecule has 0 aromatic carbocycles. The number of hydrogen-bond donors (Lipinski definition) is 1. The van der Waals surface area contributed by atoms with Gasteiger partial charge in [0.15, 0.2) is 0 Å². The van der Waals surface area contributed by atoms with Crippen LogP contribution in [0, 0.1) is 18.8 Å². The zero-order chi connectivity index (χ0) is 15.7. The van der Waals surface area contributed by atoms with Crippen LogP contribution < -0.4 is 4.72 Å². The molecule has 2 fully saturated rings. The van der Waals surface area contributed by atoms with Gasteiger partial charge in [-0.1, -0.05) is 0 Å². The first-order chi connectivity index (χ1) is 10.5. The number of nitrogens with one attached hydrogen (secondary N) is 1. The summed E-state index contributed by atoms with van der Waals surface area (Å²) in [5, 5.41) is 0. The van der Waals surface area contributed by atoms with E-state index in [4.69, 9.17) is 4.74 Å². The van der Waals surface area contributed by atoms with E-state index in [9.17, 15) is 8.42 Å². The van der Waals surface area contributed by atoms with E-state index in [1.54, 1.807) is 6.92 Å². The fourth-order valence-electron chi connectivity index (χ4n) is 3.35. The molecular formula is C15H24N2O3S2. The Morgan fingerprint density at radius 1 is 1.41 bits per heavy atom. The standard InChI is InChI=1S/C15H24N2O3S2/c1-3-22(18,19)16-6-12-10-20-15-9-17(8-14(12)15)7-13-5-4-11(2)21-13/h4-5,12,14-16H,3,6-10H2,1-2H3/t12-,14+,15+/m1/s1. The Kier molecular flexibility index (Phi) is 4.89. The van der Waals surface area contributed by atoms with Crippen molar-refractivity contribution in [3.8, 4) is 0 Å². The quantitative estimate of drug-likeness (QED) is 0.848. The molecule has 1 N–H and O–H groups in total. The first kappa shape index (κ1) is 16.4. The molecule has 22 heavy (non-hydrogen) atoms. The SMILES string of the molecule is CCS(=O)(=O)NC[C@@H]1CO[C@H]2CN(Cc3ccc(C)s3)C[C@@H]12. The van der Waals surface area contributed by atoms with Gasteiger partial charge in [0, 0.05) is 47.8 Å². The summed E-state index contributed by atoms with van der Waals surface area (Å²) in [6.45, 7) is 7.90. The van der Waals surface area contributed by atoms with Crippen LogP contribution in [0.2, 0.25) is 0 Å². The van der Waals surface area contributed by atoms with Crippen LogP contribution in [-0.4, -0.2) is 51.4 Å². The van der Waals surface area contributed by atoms with Crippen molar-refractivity contribution in [1.29, 1.82) is 0 Å². The van der Waals surface area contributed by atoms with Crippen LogP contribution in [0.25, 0.3) is 0 Å². The van der Waals surface area contributed by atoms with Crippen molar-refractivity contribution in [2.45, 2.75) is 26.5 Å². The molecule has 3 rings (SSSR count). The second-order valence-electron chi connectivity index (χ2n) is 6.25. The lowest BCUT2D eigenvalue weighted by molar-refractivity contribution is 0.0944. The summed E-state index contributed by atoms with van der Waals surface area (Å²) in [6, 6.07) is 4.36. The summed E-state index contributed by atoms with van der Waals surface area (Å²) in [4.78, 5) is 5.17. The van der Waals surface area contributed by atoms with E-state index in [2.05, 4.69) is 28.7 Å². The molecule has 7 heteroatoms. The number of rotatable bonds is 6. The lowest BCUT2D eigenvalue weighted by Gasteiger charge is -2.19. The van der Waals surface area contributed by atoms with Gasteiger partial charge in [0.2, 0.25) is 10.0 Å². The normalized spacial score (nSPS) is 29.1. The third kappa shape index (κ3) is 3.71. The summed E-state index contributed by atoms with van der Waals surface area (Å²) < 4.78 is 31.8. The van der Waals surface area contributed by atoms with Gasteiger partial charge in [0.1, 0.15) is 0 Å². The average molecular weight is 345 g/mol. The van der Waals surface area contributed by atoms with Gasteiger partial charge in [-0.3, -0.25) is 4.90 Å². The summed E-state index contributed by atoms with van der Waals surface area (Å²) in [5.74, 6) is 0.875. The number of likely N-dealkylation sites (tertiary alicyclic amines) is 1. The molecule has 1 aromatic rings. The Morgan fingerprint density at radius 3 is 2.91 bits per heavy atom. The monoisotopic (exact) mass is 344 g/mol. The minimum atomic E-state index is -3.11. The molecule has 0 bridgehead atoms. The van der Waals surface area contributed by atoms with Crippen molar-refractivity contribution in [2.75, 3.05) is 32.0 Å². The van der Waals surface area contributed by atoms with Crippen molar-refractivity contribution in [2.24, 2.45) is 11.8 Å². The molecule has 0 radical (unpaired) electrons. The first-order valence-electron chi connectivity index (χ1n) is 7.83. The molecule has 2 aliphatic heterocycles. The van der Waals surface area contributed by atoms with Crippen molar-refractivity contribution >= 4 is 21.4 Å². The van der Waals surface area contributed by atoms with Crippen LogP contribution in [-0.2, 0) is 21.3 Å². The summed E-state index contributed by atoms with van der Waals surface area (Å²) >= 11 is 1.85. The predicted octanol–water partition coefficient (Wildman–Crippen LogP) is 1.44. The molecule has 0 aliphatic carbocycles. The minimum Gasteiger partial charge on any atom is -0.376 e. The third-order valence-electron chi connectivity index (χ3n) is 4.64. The average Bonchev–Trinajstić information content (AvgIpc) is 3.14. The lowest BCUT2D eigenvalue weighted by atomic mass is 9.93. The van der Waals surface area contributed by atoms with Crippen molar-refractivity contribution in [3.05, 3.63) is 21.9 Å². The molecular weight excluding hydrogens is 320 g/mol. The summed E-state index contributed by atoms with van der Waals surface area (Å²) in [5.41, 5.74) is 0. The first-order valence-corrected chi connectivity index (χ1v) is 10.3. The van der Waals surface area contributed by atoms with Crippen LogP contribution in [0.3, 0.4) is 0 Å². The Hall–Kier alpha value is -0.470. The molecule has 2 saturated heterocycles. The zero-order valence-electron chi connectivity index (χ0n) is 13.1. The van der Waals surface area contributed by atoms with E-state index in [0.717, 1.165) is 19.6 Å². The van der Waals surface area contributed by atoms with Crippen molar-refractivity contribution in [3.63, 3.8) is 0 Å². The van der Waals surface area contributed by atoms with Gasteiger partial charge in [-0.2, -0.15) is 0 Å². The van der Waals surface area contributed by atoms with Gasteiger partial charge >= 0.3 is 0 Å². The van der Waals surface area contributed by atoms with Crippen LogP contribution in [0.15, 0.2) is 12.1 Å². The molecule has 0 amide bonds. The molecule has 3 heterocycles. The Labute approximate surface area is 136 Å². The van der Waals surface area contributed by atoms with Gasteiger partial charge in [0.05, 0.1) is 18.5 Å². The molecule has 2 aliphatic rings. The highest BCUT2D eigenvalue weighted by Crippen LogP contribution is 2.34. The number of hydrogen-bond acceptors (Lipinski definition) is 5. The molecule has 3 atom stereocenters. The summed E-state index contributed by atoms with van der Waals surface area (Å²) in [6.07, 6.45) is 0.261. The number of aryl methyl sites for hydroxylation is 1.